The average molecular weight is 415 g/mol. The molecule has 31 heavy (non-hydrogen) atoms. The van der Waals surface area contributed by atoms with Crippen molar-refractivity contribution in [2.45, 2.75) is 45.1 Å². The van der Waals surface area contributed by atoms with E-state index in [-0.39, 0.29) is 12.0 Å². The molecule has 1 aliphatic heterocycles. The van der Waals surface area contributed by atoms with Crippen LogP contribution in [0.2, 0.25) is 0 Å². The molecule has 1 aliphatic carbocycles. The molecular weight excluding hydrogens is 384 g/mol. The lowest BCUT2D eigenvalue weighted by Gasteiger charge is -2.21. The Morgan fingerprint density at radius 3 is 2.65 bits per heavy atom. The summed E-state index contributed by atoms with van der Waals surface area (Å²) in [7, 11) is 0. The fourth-order valence-corrected chi connectivity index (χ4v) is 4.90. The smallest absolute Gasteiger partial charge is 0.251 e. The molecule has 0 unspecified atom stereocenters. The zero-order valence-corrected chi connectivity index (χ0v) is 18.1. The molecular formula is C27H30N2O2. The van der Waals surface area contributed by atoms with Crippen LogP contribution >= 0.6 is 0 Å². The van der Waals surface area contributed by atoms with Gasteiger partial charge in [-0.1, -0.05) is 37.3 Å². The summed E-state index contributed by atoms with van der Waals surface area (Å²) in [6, 6.07) is 21.0. The number of hydrogen-bond donors (Lipinski definition) is 1. The number of carbonyl (C=O) groups excluding carboxylic acids is 1. The van der Waals surface area contributed by atoms with Crippen LogP contribution in [0.4, 0.5) is 0 Å². The quantitative estimate of drug-likeness (QED) is 0.625. The maximum Gasteiger partial charge on any atom is 0.251 e. The molecule has 4 nitrogen and oxygen atoms in total. The molecule has 1 amide bonds. The van der Waals surface area contributed by atoms with Crippen molar-refractivity contribution in [3.05, 3.63) is 77.5 Å². The maximum atomic E-state index is 12.6. The second kappa shape index (κ2) is 8.72. The number of aromatic nitrogens is 1. The van der Waals surface area contributed by atoms with Crippen LogP contribution in [0.3, 0.4) is 0 Å². The first kappa shape index (κ1) is 20.1. The molecule has 1 fully saturated rings. The van der Waals surface area contributed by atoms with Gasteiger partial charge in [0, 0.05) is 30.1 Å². The average Bonchev–Trinajstić information content (AvgIpc) is 3.46. The van der Waals surface area contributed by atoms with Crippen molar-refractivity contribution in [1.29, 1.82) is 0 Å². The number of nitrogens with zero attached hydrogens (tertiary/aromatic N) is 1. The molecule has 2 heterocycles. The van der Waals surface area contributed by atoms with Gasteiger partial charge >= 0.3 is 0 Å². The van der Waals surface area contributed by atoms with Crippen molar-refractivity contribution in [3.8, 4) is 16.9 Å². The first-order chi connectivity index (χ1) is 15.2. The van der Waals surface area contributed by atoms with Gasteiger partial charge in [-0.05, 0) is 79.5 Å². The summed E-state index contributed by atoms with van der Waals surface area (Å²) < 4.78 is 8.00. The molecule has 0 radical (unpaired) electrons. The van der Waals surface area contributed by atoms with Gasteiger partial charge in [-0.2, -0.15) is 0 Å². The van der Waals surface area contributed by atoms with Crippen LogP contribution in [0, 0.1) is 5.92 Å². The van der Waals surface area contributed by atoms with E-state index in [1.165, 1.54) is 28.9 Å². The van der Waals surface area contributed by atoms with Crippen LogP contribution in [0.15, 0.2) is 60.7 Å². The highest BCUT2D eigenvalue weighted by atomic mass is 16.5. The minimum absolute atomic E-state index is 0.0336. The second-order valence-electron chi connectivity index (χ2n) is 8.94. The van der Waals surface area contributed by atoms with Crippen LogP contribution in [0.1, 0.15) is 47.8 Å². The standard InChI is InChI=1S/C27H30N2O2/c1-19-9-14-25-22(16-19)17-26(20-6-3-2-4-7-20)29(25)23-12-10-21(11-13-23)27(30)28-18-24-8-5-15-31-24/h2-4,6-7,10-13,17,19,24H,5,8-9,14-16,18H2,1H3,(H,28,30)/t19-,24-/m0/s1. The Morgan fingerprint density at radius 2 is 1.90 bits per heavy atom. The van der Waals surface area contributed by atoms with Crippen molar-refractivity contribution in [3.63, 3.8) is 0 Å². The molecule has 1 aromatic heterocycles. The monoisotopic (exact) mass is 414 g/mol. The van der Waals surface area contributed by atoms with E-state index in [2.05, 4.69) is 65.3 Å². The largest absolute Gasteiger partial charge is 0.376 e. The molecule has 4 heteroatoms. The van der Waals surface area contributed by atoms with E-state index in [9.17, 15) is 4.79 Å². The van der Waals surface area contributed by atoms with Crippen molar-refractivity contribution in [2.24, 2.45) is 5.92 Å². The molecule has 3 aromatic rings. The Hall–Kier alpha value is -2.85. The number of nitrogens with one attached hydrogen (secondary N) is 1. The number of benzene rings is 2. The lowest BCUT2D eigenvalue weighted by Crippen LogP contribution is -2.31. The Balaban J connectivity index is 1.43. The zero-order chi connectivity index (χ0) is 21.2. The van der Waals surface area contributed by atoms with E-state index in [0.29, 0.717) is 12.1 Å². The highest BCUT2D eigenvalue weighted by Crippen LogP contribution is 2.35. The molecule has 2 atom stereocenters. The van der Waals surface area contributed by atoms with Crippen molar-refractivity contribution >= 4 is 5.91 Å². The molecule has 160 valence electrons. The van der Waals surface area contributed by atoms with Crippen LogP contribution < -0.4 is 5.32 Å². The van der Waals surface area contributed by atoms with Gasteiger partial charge in [0.05, 0.1) is 11.8 Å². The lowest BCUT2D eigenvalue weighted by molar-refractivity contribution is 0.0858. The Kier molecular flexibility index (Phi) is 5.65. The van der Waals surface area contributed by atoms with Gasteiger partial charge in [0.25, 0.3) is 5.91 Å². The van der Waals surface area contributed by atoms with Crippen LogP contribution in [0.25, 0.3) is 16.9 Å². The summed E-state index contributed by atoms with van der Waals surface area (Å²) in [6.45, 7) is 3.73. The first-order valence-corrected chi connectivity index (χ1v) is 11.5. The summed E-state index contributed by atoms with van der Waals surface area (Å²) in [5.74, 6) is 0.690. The van der Waals surface area contributed by atoms with Gasteiger partial charge in [-0.3, -0.25) is 4.79 Å². The van der Waals surface area contributed by atoms with Gasteiger partial charge in [0.2, 0.25) is 0 Å². The van der Waals surface area contributed by atoms with Gasteiger partial charge in [-0.25, -0.2) is 0 Å². The fourth-order valence-electron chi connectivity index (χ4n) is 4.90. The van der Waals surface area contributed by atoms with Gasteiger partial charge < -0.3 is 14.6 Å². The van der Waals surface area contributed by atoms with Crippen LogP contribution in [-0.4, -0.2) is 29.7 Å². The predicted molar refractivity (Wildman–Crippen MR) is 124 cm³/mol. The third-order valence-corrected chi connectivity index (χ3v) is 6.61. The molecule has 0 bridgehead atoms. The summed E-state index contributed by atoms with van der Waals surface area (Å²) in [5.41, 5.74) is 7.13. The number of rotatable bonds is 5. The third kappa shape index (κ3) is 4.17. The molecule has 1 N–H and O–H groups in total. The normalized spacial score (nSPS) is 20.4. The Bertz CT molecular complexity index is 1050. The number of hydrogen-bond acceptors (Lipinski definition) is 2. The van der Waals surface area contributed by atoms with Crippen molar-refractivity contribution in [2.75, 3.05) is 13.2 Å². The Labute approximate surface area is 184 Å². The summed E-state index contributed by atoms with van der Waals surface area (Å²) in [4.78, 5) is 12.6. The molecule has 1 saturated heterocycles. The van der Waals surface area contributed by atoms with E-state index in [0.717, 1.165) is 43.9 Å². The highest BCUT2D eigenvalue weighted by molar-refractivity contribution is 5.94. The minimum atomic E-state index is -0.0336. The van der Waals surface area contributed by atoms with Crippen molar-refractivity contribution < 1.29 is 9.53 Å². The summed E-state index contributed by atoms with van der Waals surface area (Å²) >= 11 is 0. The summed E-state index contributed by atoms with van der Waals surface area (Å²) in [6.07, 6.45) is 5.71. The molecule has 2 aromatic carbocycles. The van der Waals surface area contributed by atoms with Gasteiger partial charge in [0.15, 0.2) is 0 Å². The molecule has 2 aliphatic rings. The van der Waals surface area contributed by atoms with E-state index < -0.39 is 0 Å². The molecule has 0 spiro atoms. The third-order valence-electron chi connectivity index (χ3n) is 6.61. The maximum absolute atomic E-state index is 12.6. The minimum Gasteiger partial charge on any atom is -0.376 e. The second-order valence-corrected chi connectivity index (χ2v) is 8.94. The topological polar surface area (TPSA) is 43.3 Å². The van der Waals surface area contributed by atoms with E-state index in [4.69, 9.17) is 4.74 Å². The zero-order valence-electron chi connectivity index (χ0n) is 18.1. The van der Waals surface area contributed by atoms with Crippen LogP contribution in [0.5, 0.6) is 0 Å². The Morgan fingerprint density at radius 1 is 1.10 bits per heavy atom. The predicted octanol–water partition coefficient (Wildman–Crippen LogP) is 5.18. The molecule has 5 rings (SSSR count). The van der Waals surface area contributed by atoms with E-state index in [1.807, 2.05) is 12.1 Å². The first-order valence-electron chi connectivity index (χ1n) is 11.5. The number of carbonyl (C=O) groups is 1. The van der Waals surface area contributed by atoms with E-state index >= 15 is 0 Å². The van der Waals surface area contributed by atoms with Crippen LogP contribution in [-0.2, 0) is 17.6 Å². The summed E-state index contributed by atoms with van der Waals surface area (Å²) in [5, 5.41) is 3.02. The lowest BCUT2D eigenvalue weighted by atomic mass is 9.89. The van der Waals surface area contributed by atoms with Gasteiger partial charge in [0.1, 0.15) is 0 Å². The van der Waals surface area contributed by atoms with Gasteiger partial charge in [-0.15, -0.1) is 0 Å². The number of fused-ring (bicyclic) bond motifs is 1. The SMILES string of the molecule is C[C@H]1CCc2c(cc(-c3ccccc3)n2-c2ccc(C(=O)NC[C@@H]3CCCO3)cc2)C1. The highest BCUT2D eigenvalue weighted by Gasteiger charge is 2.23. The molecule has 0 saturated carbocycles. The number of amides is 1. The number of ether oxygens (including phenoxy) is 1. The van der Waals surface area contributed by atoms with E-state index in [1.54, 1.807) is 0 Å². The van der Waals surface area contributed by atoms with Crippen molar-refractivity contribution in [1.82, 2.24) is 9.88 Å². The fraction of sp³-hybridized carbons (Fsp3) is 0.370.